The third-order valence-electron chi connectivity index (χ3n) is 3.78. The molecule has 20 heavy (non-hydrogen) atoms. The van der Waals surface area contributed by atoms with Crippen LogP contribution >= 0.6 is 0 Å². The Morgan fingerprint density at radius 3 is 2.90 bits per heavy atom. The van der Waals surface area contributed by atoms with Crippen LogP contribution in [0.2, 0.25) is 0 Å². The fraction of sp³-hybridized carbons (Fsp3) is 0.312. The SMILES string of the molecule is CNc1cc2c(cn1)CCN(c1ccccc1OC)C2. The maximum Gasteiger partial charge on any atom is 0.142 e. The van der Waals surface area contributed by atoms with Crippen LogP contribution in [0.5, 0.6) is 5.75 Å². The number of benzene rings is 1. The van der Waals surface area contributed by atoms with Gasteiger partial charge in [0.2, 0.25) is 0 Å². The fourth-order valence-corrected chi connectivity index (χ4v) is 2.67. The van der Waals surface area contributed by atoms with Gasteiger partial charge in [-0.3, -0.25) is 0 Å². The van der Waals surface area contributed by atoms with Crippen LogP contribution in [-0.4, -0.2) is 25.7 Å². The van der Waals surface area contributed by atoms with Gasteiger partial charge in [0.05, 0.1) is 12.8 Å². The summed E-state index contributed by atoms with van der Waals surface area (Å²) >= 11 is 0. The largest absolute Gasteiger partial charge is 0.495 e. The molecular formula is C16H19N3O. The minimum atomic E-state index is 0.896. The first kappa shape index (κ1) is 12.8. The van der Waals surface area contributed by atoms with Crippen molar-refractivity contribution in [3.8, 4) is 5.75 Å². The summed E-state index contributed by atoms with van der Waals surface area (Å²) in [5.74, 6) is 1.85. The monoisotopic (exact) mass is 269 g/mol. The van der Waals surface area contributed by atoms with Gasteiger partial charge in [0.25, 0.3) is 0 Å². The van der Waals surface area contributed by atoms with Crippen LogP contribution in [0.3, 0.4) is 0 Å². The molecule has 1 aromatic carbocycles. The smallest absolute Gasteiger partial charge is 0.142 e. The lowest BCUT2D eigenvalue weighted by Gasteiger charge is -2.31. The Morgan fingerprint density at radius 2 is 2.10 bits per heavy atom. The molecule has 1 N–H and O–H groups in total. The van der Waals surface area contributed by atoms with E-state index >= 15 is 0 Å². The predicted molar refractivity (Wildman–Crippen MR) is 81.5 cm³/mol. The molecular weight excluding hydrogens is 250 g/mol. The molecule has 2 aromatic rings. The molecule has 0 unspecified atom stereocenters. The van der Waals surface area contributed by atoms with Crippen LogP contribution in [-0.2, 0) is 13.0 Å². The quantitative estimate of drug-likeness (QED) is 0.929. The van der Waals surface area contributed by atoms with E-state index in [4.69, 9.17) is 4.74 Å². The Balaban J connectivity index is 1.91. The lowest BCUT2D eigenvalue weighted by molar-refractivity contribution is 0.414. The van der Waals surface area contributed by atoms with E-state index in [1.165, 1.54) is 11.1 Å². The van der Waals surface area contributed by atoms with Gasteiger partial charge >= 0.3 is 0 Å². The van der Waals surface area contributed by atoms with E-state index in [1.54, 1.807) is 7.11 Å². The van der Waals surface area contributed by atoms with Gasteiger partial charge in [0.15, 0.2) is 0 Å². The highest BCUT2D eigenvalue weighted by atomic mass is 16.5. The molecule has 0 atom stereocenters. The second-order valence-electron chi connectivity index (χ2n) is 4.93. The molecule has 2 heterocycles. The average Bonchev–Trinajstić information content (AvgIpc) is 2.53. The zero-order valence-corrected chi connectivity index (χ0v) is 11.9. The van der Waals surface area contributed by atoms with Crippen LogP contribution in [0.4, 0.5) is 11.5 Å². The zero-order chi connectivity index (χ0) is 13.9. The number of rotatable bonds is 3. The summed E-state index contributed by atoms with van der Waals surface area (Å²) < 4.78 is 5.47. The molecule has 3 rings (SSSR count). The highest BCUT2D eigenvalue weighted by Crippen LogP contribution is 2.32. The Kier molecular flexibility index (Phi) is 3.46. The van der Waals surface area contributed by atoms with Crippen LogP contribution < -0.4 is 15.0 Å². The van der Waals surface area contributed by atoms with Crippen molar-refractivity contribution < 1.29 is 4.74 Å². The summed E-state index contributed by atoms with van der Waals surface area (Å²) in [7, 11) is 3.62. The van der Waals surface area contributed by atoms with Gasteiger partial charge in [0, 0.05) is 26.3 Å². The molecule has 4 nitrogen and oxygen atoms in total. The Bertz CT molecular complexity index is 612. The van der Waals surface area contributed by atoms with E-state index < -0.39 is 0 Å². The summed E-state index contributed by atoms with van der Waals surface area (Å²) in [6, 6.07) is 10.3. The summed E-state index contributed by atoms with van der Waals surface area (Å²) in [6.07, 6.45) is 3.01. The summed E-state index contributed by atoms with van der Waals surface area (Å²) in [6.45, 7) is 1.89. The second kappa shape index (κ2) is 5.41. The minimum absolute atomic E-state index is 0.896. The van der Waals surface area contributed by atoms with Gasteiger partial charge in [0.1, 0.15) is 11.6 Å². The molecule has 0 spiro atoms. The van der Waals surface area contributed by atoms with Gasteiger partial charge < -0.3 is 15.0 Å². The summed E-state index contributed by atoms with van der Waals surface area (Å²) in [5, 5.41) is 3.10. The van der Waals surface area contributed by atoms with Crippen molar-refractivity contribution in [2.45, 2.75) is 13.0 Å². The van der Waals surface area contributed by atoms with Crippen molar-refractivity contribution in [2.24, 2.45) is 0 Å². The van der Waals surface area contributed by atoms with Crippen LogP contribution in [0.25, 0.3) is 0 Å². The minimum Gasteiger partial charge on any atom is -0.495 e. The van der Waals surface area contributed by atoms with Crippen LogP contribution in [0.1, 0.15) is 11.1 Å². The summed E-state index contributed by atoms with van der Waals surface area (Å²) in [4.78, 5) is 6.75. The van der Waals surface area contributed by atoms with Crippen molar-refractivity contribution >= 4 is 11.5 Å². The lowest BCUT2D eigenvalue weighted by atomic mass is 10.0. The maximum absolute atomic E-state index is 5.47. The maximum atomic E-state index is 5.47. The number of aromatic nitrogens is 1. The van der Waals surface area contributed by atoms with Crippen molar-refractivity contribution in [1.29, 1.82) is 0 Å². The van der Waals surface area contributed by atoms with E-state index in [9.17, 15) is 0 Å². The van der Waals surface area contributed by atoms with Gasteiger partial charge in [-0.25, -0.2) is 4.98 Å². The van der Waals surface area contributed by atoms with E-state index in [0.717, 1.165) is 36.8 Å². The first-order chi connectivity index (χ1) is 9.81. The van der Waals surface area contributed by atoms with E-state index in [0.29, 0.717) is 0 Å². The number of ether oxygens (including phenoxy) is 1. The topological polar surface area (TPSA) is 37.4 Å². The molecule has 0 bridgehead atoms. The normalized spacial score (nSPS) is 13.8. The molecule has 0 saturated carbocycles. The molecule has 1 aliphatic rings. The first-order valence-corrected chi connectivity index (χ1v) is 6.85. The van der Waals surface area contributed by atoms with Crippen molar-refractivity contribution in [2.75, 3.05) is 30.9 Å². The Morgan fingerprint density at radius 1 is 1.25 bits per heavy atom. The van der Waals surface area contributed by atoms with E-state index in [1.807, 2.05) is 25.4 Å². The Labute approximate surface area is 119 Å². The van der Waals surface area contributed by atoms with Crippen LogP contribution in [0, 0.1) is 0 Å². The van der Waals surface area contributed by atoms with Gasteiger partial charge in [-0.1, -0.05) is 12.1 Å². The number of methoxy groups -OCH3 is 1. The van der Waals surface area contributed by atoms with Gasteiger partial charge in [-0.05, 0) is 35.7 Å². The van der Waals surface area contributed by atoms with Gasteiger partial charge in [-0.15, -0.1) is 0 Å². The van der Waals surface area contributed by atoms with Crippen molar-refractivity contribution in [3.05, 3.63) is 47.7 Å². The molecule has 4 heteroatoms. The number of hydrogen-bond acceptors (Lipinski definition) is 4. The van der Waals surface area contributed by atoms with Crippen molar-refractivity contribution in [1.82, 2.24) is 4.98 Å². The number of nitrogens with zero attached hydrogens (tertiary/aromatic N) is 2. The molecule has 0 saturated heterocycles. The summed E-state index contributed by atoms with van der Waals surface area (Å²) in [5.41, 5.74) is 3.83. The average molecular weight is 269 g/mol. The molecule has 1 aromatic heterocycles. The van der Waals surface area contributed by atoms with Gasteiger partial charge in [-0.2, -0.15) is 0 Å². The predicted octanol–water partition coefficient (Wildman–Crippen LogP) is 2.69. The van der Waals surface area contributed by atoms with Crippen LogP contribution in [0.15, 0.2) is 36.5 Å². The number of para-hydroxylation sites is 2. The molecule has 0 aliphatic carbocycles. The number of anilines is 2. The molecule has 1 aliphatic heterocycles. The van der Waals surface area contributed by atoms with E-state index in [-0.39, 0.29) is 0 Å². The molecule has 104 valence electrons. The number of pyridine rings is 1. The fourth-order valence-electron chi connectivity index (χ4n) is 2.67. The van der Waals surface area contributed by atoms with E-state index in [2.05, 4.69) is 33.4 Å². The highest BCUT2D eigenvalue weighted by molar-refractivity contribution is 5.60. The number of fused-ring (bicyclic) bond motifs is 1. The number of hydrogen-bond donors (Lipinski definition) is 1. The van der Waals surface area contributed by atoms with Crippen molar-refractivity contribution in [3.63, 3.8) is 0 Å². The Hall–Kier alpha value is -2.23. The second-order valence-corrected chi connectivity index (χ2v) is 4.93. The zero-order valence-electron chi connectivity index (χ0n) is 11.9. The third-order valence-corrected chi connectivity index (χ3v) is 3.78. The number of nitrogens with one attached hydrogen (secondary N) is 1. The third kappa shape index (κ3) is 2.29. The molecule has 0 amide bonds. The lowest BCUT2D eigenvalue weighted by Crippen LogP contribution is -2.30. The highest BCUT2D eigenvalue weighted by Gasteiger charge is 2.19. The first-order valence-electron chi connectivity index (χ1n) is 6.85. The molecule has 0 fully saturated rings. The standard InChI is InChI=1S/C16H19N3O/c1-17-16-9-13-11-19(8-7-12(13)10-18-16)14-5-3-4-6-15(14)20-2/h3-6,9-10H,7-8,11H2,1-2H3,(H,17,18). The molecule has 0 radical (unpaired) electrons.